The van der Waals surface area contributed by atoms with Crippen LogP contribution in [0.3, 0.4) is 0 Å². The fourth-order valence-electron chi connectivity index (χ4n) is 11.1. The highest BCUT2D eigenvalue weighted by Gasteiger charge is 2.30. The maximum atomic E-state index is 13.0. The van der Waals surface area contributed by atoms with Gasteiger partial charge in [-0.2, -0.15) is 0 Å². The van der Waals surface area contributed by atoms with Crippen LogP contribution in [0.15, 0.2) is 0 Å². The predicted molar refractivity (Wildman–Crippen MR) is 372 cm³/mol. The molecule has 0 aromatic carbocycles. The van der Waals surface area contributed by atoms with E-state index in [2.05, 4.69) is 41.5 Å². The number of carbonyl (C=O) groups excluding carboxylic acids is 4. The normalized spacial score (nSPS) is 14.1. The van der Waals surface area contributed by atoms with Crippen LogP contribution in [0, 0.1) is 11.8 Å². The fraction of sp³-hybridized carbons (Fsp3) is 0.945. The zero-order chi connectivity index (χ0) is 67.9. The minimum Gasteiger partial charge on any atom is -0.462 e. The van der Waals surface area contributed by atoms with Gasteiger partial charge in [0, 0.05) is 25.7 Å². The smallest absolute Gasteiger partial charge is 0.462 e. The zero-order valence-corrected chi connectivity index (χ0v) is 61.6. The summed E-state index contributed by atoms with van der Waals surface area (Å²) in [6, 6.07) is 0. The van der Waals surface area contributed by atoms with Crippen molar-refractivity contribution in [1.82, 2.24) is 0 Å². The SMILES string of the molecule is CCCCCCCCCCCCCCCCCCCCCCCC(=O)O[C@H](COC(=O)CCCCCCCCCCC(C)C)COP(=O)(O)OC[C@@H](O)COP(=O)(O)OC[C@@H](COC(=O)CCCCCCCCCCCC)OC(=O)CCCCCCCCCC(C)C. The van der Waals surface area contributed by atoms with Gasteiger partial charge in [-0.05, 0) is 37.5 Å². The molecule has 92 heavy (non-hydrogen) atoms. The van der Waals surface area contributed by atoms with Crippen LogP contribution >= 0.6 is 15.6 Å². The molecule has 19 heteroatoms. The highest BCUT2D eigenvalue weighted by Crippen LogP contribution is 2.45. The second-order valence-electron chi connectivity index (χ2n) is 27.3. The van der Waals surface area contributed by atoms with E-state index >= 15 is 0 Å². The summed E-state index contributed by atoms with van der Waals surface area (Å²) in [5, 5.41) is 10.6. The van der Waals surface area contributed by atoms with Crippen molar-refractivity contribution >= 4 is 39.5 Å². The molecule has 546 valence electrons. The van der Waals surface area contributed by atoms with Crippen LogP contribution in [0.2, 0.25) is 0 Å². The van der Waals surface area contributed by atoms with Crippen LogP contribution in [0.1, 0.15) is 375 Å². The molecular formula is C73H142O17P2. The van der Waals surface area contributed by atoms with E-state index in [9.17, 15) is 43.2 Å². The van der Waals surface area contributed by atoms with E-state index in [-0.39, 0.29) is 25.7 Å². The number of rotatable bonds is 72. The minimum atomic E-state index is -4.95. The lowest BCUT2D eigenvalue weighted by Crippen LogP contribution is -2.30. The van der Waals surface area contributed by atoms with Crippen molar-refractivity contribution in [2.24, 2.45) is 11.8 Å². The molecule has 0 aliphatic heterocycles. The molecule has 2 unspecified atom stereocenters. The number of ether oxygens (including phenoxy) is 4. The van der Waals surface area contributed by atoms with Crippen LogP contribution in [0.4, 0.5) is 0 Å². The van der Waals surface area contributed by atoms with Crippen molar-refractivity contribution in [3.8, 4) is 0 Å². The predicted octanol–water partition coefficient (Wildman–Crippen LogP) is 21.2. The Balaban J connectivity index is 5.16. The molecule has 0 spiro atoms. The number of aliphatic hydroxyl groups is 1. The van der Waals surface area contributed by atoms with Crippen LogP contribution in [0.25, 0.3) is 0 Å². The van der Waals surface area contributed by atoms with E-state index in [1.165, 1.54) is 193 Å². The fourth-order valence-corrected chi connectivity index (χ4v) is 12.7. The van der Waals surface area contributed by atoms with Gasteiger partial charge in [0.1, 0.15) is 19.3 Å². The summed E-state index contributed by atoms with van der Waals surface area (Å²) in [4.78, 5) is 72.6. The van der Waals surface area contributed by atoms with Gasteiger partial charge in [-0.15, -0.1) is 0 Å². The number of hydrogen-bond donors (Lipinski definition) is 3. The Labute approximate surface area is 562 Å². The van der Waals surface area contributed by atoms with Crippen molar-refractivity contribution in [1.29, 1.82) is 0 Å². The van der Waals surface area contributed by atoms with Gasteiger partial charge in [0.25, 0.3) is 0 Å². The molecule has 0 aromatic heterocycles. The van der Waals surface area contributed by atoms with Gasteiger partial charge < -0.3 is 33.8 Å². The van der Waals surface area contributed by atoms with Gasteiger partial charge in [0.15, 0.2) is 12.2 Å². The molecule has 0 aliphatic rings. The quantitative estimate of drug-likeness (QED) is 0.0222. The van der Waals surface area contributed by atoms with E-state index in [0.29, 0.717) is 31.6 Å². The Morgan fingerprint density at radius 1 is 0.293 bits per heavy atom. The summed E-state index contributed by atoms with van der Waals surface area (Å²) in [6.07, 6.45) is 51.7. The summed E-state index contributed by atoms with van der Waals surface area (Å²) in [6.45, 7) is 9.46. The molecule has 0 bridgehead atoms. The Morgan fingerprint density at radius 2 is 0.500 bits per heavy atom. The lowest BCUT2D eigenvalue weighted by Gasteiger charge is -2.21. The summed E-state index contributed by atoms with van der Waals surface area (Å²) in [7, 11) is -9.90. The number of phosphoric ester groups is 2. The molecule has 0 heterocycles. The second kappa shape index (κ2) is 65.0. The highest BCUT2D eigenvalue weighted by molar-refractivity contribution is 7.47. The number of hydrogen-bond acceptors (Lipinski definition) is 15. The molecule has 0 saturated carbocycles. The third kappa shape index (κ3) is 66.7. The Bertz CT molecular complexity index is 1790. The zero-order valence-electron chi connectivity index (χ0n) is 59.9. The largest absolute Gasteiger partial charge is 0.472 e. The summed E-state index contributed by atoms with van der Waals surface area (Å²) < 4.78 is 68.3. The summed E-state index contributed by atoms with van der Waals surface area (Å²) >= 11 is 0. The first kappa shape index (κ1) is 90.1. The monoisotopic (exact) mass is 1350 g/mol. The molecule has 0 saturated heterocycles. The van der Waals surface area contributed by atoms with E-state index in [0.717, 1.165) is 95.8 Å². The maximum absolute atomic E-state index is 13.0. The first-order valence-electron chi connectivity index (χ1n) is 38.0. The number of unbranched alkanes of at least 4 members (excludes halogenated alkanes) is 42. The van der Waals surface area contributed by atoms with Crippen LogP contribution in [-0.2, 0) is 65.4 Å². The summed E-state index contributed by atoms with van der Waals surface area (Å²) in [5.74, 6) is -0.703. The molecule has 0 aromatic rings. The standard InChI is InChI=1S/C73H142O17P2/c1-7-9-11-13-15-17-19-20-21-22-23-24-25-26-27-28-29-31-39-45-51-57-72(77)89-68(61-84-71(76)56-50-44-38-33-32-35-41-47-53-65(3)4)63-87-91(79,80)85-59-67(74)60-86-92(81,82)88-64-69(90-73(78)58-52-46-40-34-36-42-48-54-66(5)6)62-83-70(75)55-49-43-37-30-18-16-14-12-10-8-2/h65-69,74H,7-64H2,1-6H3,(H,79,80)(H,81,82)/t67-,68-,69-/m1/s1. The third-order valence-corrected chi connectivity index (χ3v) is 18.9. The molecule has 0 aliphatic carbocycles. The van der Waals surface area contributed by atoms with Crippen LogP contribution < -0.4 is 0 Å². The average molecular weight is 1350 g/mol. The van der Waals surface area contributed by atoms with Gasteiger partial charge in [-0.25, -0.2) is 9.13 Å². The molecule has 0 fully saturated rings. The minimum absolute atomic E-state index is 0.104. The number of carbonyl (C=O) groups is 4. The third-order valence-electron chi connectivity index (χ3n) is 17.0. The molecular weight excluding hydrogens is 1210 g/mol. The Kier molecular flexibility index (Phi) is 63.7. The Hall–Kier alpha value is -1.94. The van der Waals surface area contributed by atoms with E-state index in [4.69, 9.17) is 37.0 Å². The van der Waals surface area contributed by atoms with Gasteiger partial charge >= 0.3 is 39.5 Å². The average Bonchev–Trinajstić information content (AvgIpc) is 1.50. The molecule has 0 amide bonds. The lowest BCUT2D eigenvalue weighted by atomic mass is 10.0. The van der Waals surface area contributed by atoms with Crippen LogP contribution in [-0.4, -0.2) is 96.7 Å². The molecule has 0 radical (unpaired) electrons. The van der Waals surface area contributed by atoms with Crippen LogP contribution in [0.5, 0.6) is 0 Å². The van der Waals surface area contributed by atoms with Crippen molar-refractivity contribution < 1.29 is 80.2 Å². The van der Waals surface area contributed by atoms with E-state index in [1.807, 2.05) is 0 Å². The van der Waals surface area contributed by atoms with Crippen molar-refractivity contribution in [2.75, 3.05) is 39.6 Å². The van der Waals surface area contributed by atoms with Gasteiger partial charge in [0.05, 0.1) is 26.4 Å². The number of esters is 4. The van der Waals surface area contributed by atoms with Crippen molar-refractivity contribution in [3.63, 3.8) is 0 Å². The van der Waals surface area contributed by atoms with Gasteiger partial charge in [-0.3, -0.25) is 37.3 Å². The highest BCUT2D eigenvalue weighted by atomic mass is 31.2. The first-order chi connectivity index (χ1) is 44.4. The second-order valence-corrected chi connectivity index (χ2v) is 30.2. The number of phosphoric acid groups is 2. The van der Waals surface area contributed by atoms with E-state index < -0.39 is 97.5 Å². The van der Waals surface area contributed by atoms with E-state index in [1.54, 1.807) is 0 Å². The molecule has 3 N–H and O–H groups in total. The van der Waals surface area contributed by atoms with Gasteiger partial charge in [0.2, 0.25) is 0 Å². The molecule has 5 atom stereocenters. The van der Waals surface area contributed by atoms with Crippen molar-refractivity contribution in [3.05, 3.63) is 0 Å². The summed E-state index contributed by atoms with van der Waals surface area (Å²) in [5.41, 5.74) is 0. The molecule has 0 rings (SSSR count). The maximum Gasteiger partial charge on any atom is 0.472 e. The van der Waals surface area contributed by atoms with Crippen molar-refractivity contribution in [2.45, 2.75) is 394 Å². The molecule has 17 nitrogen and oxygen atoms in total. The Morgan fingerprint density at radius 3 is 0.739 bits per heavy atom. The lowest BCUT2D eigenvalue weighted by molar-refractivity contribution is -0.161. The van der Waals surface area contributed by atoms with Gasteiger partial charge in [-0.1, -0.05) is 324 Å². The number of aliphatic hydroxyl groups excluding tert-OH is 1. The topological polar surface area (TPSA) is 237 Å². The first-order valence-corrected chi connectivity index (χ1v) is 41.0.